The van der Waals surface area contributed by atoms with Crippen molar-refractivity contribution in [3.8, 4) is 5.75 Å². The van der Waals surface area contributed by atoms with Crippen molar-refractivity contribution < 1.29 is 14.3 Å². The van der Waals surface area contributed by atoms with E-state index >= 15 is 0 Å². The number of benzene rings is 1. The van der Waals surface area contributed by atoms with Crippen LogP contribution in [0.2, 0.25) is 0 Å². The molecule has 1 aromatic carbocycles. The first kappa shape index (κ1) is 16.5. The Hall–Kier alpha value is -2.97. The lowest BCUT2D eigenvalue weighted by Gasteiger charge is -2.16. The topological polar surface area (TPSA) is 119 Å². The van der Waals surface area contributed by atoms with Crippen LogP contribution >= 0.6 is 0 Å². The van der Waals surface area contributed by atoms with Crippen LogP contribution in [0.25, 0.3) is 11.0 Å². The van der Waals surface area contributed by atoms with Gasteiger partial charge in [-0.2, -0.15) is 0 Å². The van der Waals surface area contributed by atoms with Crippen LogP contribution in [-0.4, -0.2) is 53.0 Å². The van der Waals surface area contributed by atoms with E-state index < -0.39 is 0 Å². The number of carbonyl (C=O) groups is 2. The summed E-state index contributed by atoms with van der Waals surface area (Å²) in [5, 5.41) is 5.55. The van der Waals surface area contributed by atoms with E-state index in [2.05, 4.69) is 20.6 Å². The van der Waals surface area contributed by atoms with Gasteiger partial charge in [-0.25, -0.2) is 9.59 Å². The van der Waals surface area contributed by atoms with Crippen LogP contribution in [0, 0.1) is 5.92 Å². The van der Waals surface area contributed by atoms with Gasteiger partial charge in [0, 0.05) is 37.5 Å². The Balaban J connectivity index is 1.38. The molecule has 0 unspecified atom stereocenters. The van der Waals surface area contributed by atoms with Crippen LogP contribution in [-0.2, 0) is 4.79 Å². The number of fused-ring (bicyclic) bond motifs is 1. The van der Waals surface area contributed by atoms with Crippen molar-refractivity contribution in [3.05, 3.63) is 22.6 Å². The van der Waals surface area contributed by atoms with Crippen LogP contribution in [0.5, 0.6) is 5.75 Å². The normalized spacial score (nSPS) is 19.8. The highest BCUT2D eigenvalue weighted by Crippen LogP contribution is 2.32. The maximum absolute atomic E-state index is 12.2. The smallest absolute Gasteiger partial charge is 0.323 e. The number of imidazole rings is 1. The average molecular weight is 359 g/mol. The number of hydrogen-bond acceptors (Lipinski definition) is 4. The minimum absolute atomic E-state index is 0.138. The number of methoxy groups -OCH3 is 1. The molecule has 2 aromatic rings. The van der Waals surface area contributed by atoms with Gasteiger partial charge in [0.15, 0.2) is 0 Å². The first-order chi connectivity index (χ1) is 12.5. The van der Waals surface area contributed by atoms with Crippen LogP contribution in [0.3, 0.4) is 0 Å². The highest BCUT2D eigenvalue weighted by molar-refractivity contribution is 5.94. The van der Waals surface area contributed by atoms with Crippen LogP contribution in [0.15, 0.2) is 16.9 Å². The molecule has 1 aliphatic heterocycles. The third-order valence-electron chi connectivity index (χ3n) is 4.86. The maximum Gasteiger partial charge on any atom is 0.323 e. The number of nitrogens with zero attached hydrogens (tertiary/aromatic N) is 1. The molecule has 2 aliphatic rings. The number of nitrogens with one attached hydrogen (secondary N) is 4. The van der Waals surface area contributed by atoms with Crippen LogP contribution < -0.4 is 21.1 Å². The molecule has 0 bridgehead atoms. The average Bonchev–Trinajstić information content (AvgIpc) is 3.28. The number of ether oxygens (including phenoxy) is 1. The van der Waals surface area contributed by atoms with E-state index in [-0.39, 0.29) is 23.5 Å². The van der Waals surface area contributed by atoms with E-state index in [1.54, 1.807) is 12.1 Å². The van der Waals surface area contributed by atoms with Crippen LogP contribution in [0.1, 0.15) is 19.3 Å². The van der Waals surface area contributed by atoms with Crippen molar-refractivity contribution in [2.24, 2.45) is 5.92 Å². The van der Waals surface area contributed by atoms with Gasteiger partial charge in [0.2, 0.25) is 5.91 Å². The first-order valence-corrected chi connectivity index (χ1v) is 8.68. The molecule has 3 amide bonds. The fourth-order valence-corrected chi connectivity index (χ4v) is 3.42. The SMILES string of the molecule is COc1cc2[nH]c(=O)[nH]c2cc1NC(=O)NC[C@@H]1CC(=O)N(C2CC2)C1. The van der Waals surface area contributed by atoms with Crippen molar-refractivity contribution in [1.29, 1.82) is 0 Å². The Kier molecular flexibility index (Phi) is 4.06. The standard InChI is InChI=1S/C17H21N5O4/c1-26-14-6-12-11(19-17(25)20-12)5-13(14)21-16(24)18-7-9-4-15(23)22(8-9)10-2-3-10/h5-6,9-10H,2-4,7-8H2,1H3,(H2,18,21,24)(H2,19,20,25)/t9-/m0/s1. The number of hydrogen-bond donors (Lipinski definition) is 4. The molecule has 2 fully saturated rings. The van der Waals surface area contributed by atoms with E-state index in [4.69, 9.17) is 4.74 Å². The van der Waals surface area contributed by atoms with Crippen LogP contribution in [0.4, 0.5) is 10.5 Å². The summed E-state index contributed by atoms with van der Waals surface area (Å²) >= 11 is 0. The molecule has 1 aromatic heterocycles. The molecule has 4 N–H and O–H groups in total. The third kappa shape index (κ3) is 3.24. The lowest BCUT2D eigenvalue weighted by atomic mass is 10.1. The largest absolute Gasteiger partial charge is 0.494 e. The lowest BCUT2D eigenvalue weighted by molar-refractivity contribution is -0.128. The molecule has 2 heterocycles. The van der Waals surface area contributed by atoms with E-state index in [1.807, 2.05) is 4.90 Å². The fraction of sp³-hybridized carbons (Fsp3) is 0.471. The number of urea groups is 1. The van der Waals surface area contributed by atoms with Crippen molar-refractivity contribution in [2.45, 2.75) is 25.3 Å². The Morgan fingerprint density at radius 1 is 1.27 bits per heavy atom. The second-order valence-corrected chi connectivity index (χ2v) is 6.86. The summed E-state index contributed by atoms with van der Waals surface area (Å²) in [7, 11) is 1.49. The minimum Gasteiger partial charge on any atom is -0.494 e. The summed E-state index contributed by atoms with van der Waals surface area (Å²) in [4.78, 5) is 42.8. The molecule has 0 spiro atoms. The van der Waals surface area contributed by atoms with Crippen molar-refractivity contribution in [1.82, 2.24) is 20.2 Å². The summed E-state index contributed by atoms with van der Waals surface area (Å²) in [5.41, 5.74) is 1.31. The van der Waals surface area contributed by atoms with Gasteiger partial charge in [0.05, 0.1) is 23.8 Å². The zero-order valence-electron chi connectivity index (χ0n) is 14.4. The number of amides is 3. The number of rotatable bonds is 5. The van der Waals surface area contributed by atoms with Gasteiger partial charge in [0.1, 0.15) is 5.75 Å². The molecule has 0 radical (unpaired) electrons. The second kappa shape index (κ2) is 6.40. The monoisotopic (exact) mass is 359 g/mol. The number of carbonyl (C=O) groups excluding carboxylic acids is 2. The summed E-state index contributed by atoms with van der Waals surface area (Å²) in [6.45, 7) is 1.15. The summed E-state index contributed by atoms with van der Waals surface area (Å²) in [5.74, 6) is 0.765. The third-order valence-corrected chi connectivity index (χ3v) is 4.86. The Morgan fingerprint density at radius 2 is 2.00 bits per heavy atom. The molecule has 26 heavy (non-hydrogen) atoms. The number of H-pyrrole nitrogens is 2. The number of anilines is 1. The molecule has 1 atom stereocenters. The van der Waals surface area contributed by atoms with Gasteiger partial charge >= 0.3 is 11.7 Å². The Labute approximate surface area is 149 Å². The molecular weight excluding hydrogens is 338 g/mol. The predicted octanol–water partition coefficient (Wildman–Crippen LogP) is 0.997. The van der Waals surface area contributed by atoms with E-state index in [0.717, 1.165) is 12.8 Å². The first-order valence-electron chi connectivity index (χ1n) is 8.68. The summed E-state index contributed by atoms with van der Waals surface area (Å²) in [6, 6.07) is 3.32. The van der Waals surface area contributed by atoms with E-state index in [9.17, 15) is 14.4 Å². The molecule has 1 aliphatic carbocycles. The summed E-state index contributed by atoms with van der Waals surface area (Å²) < 4.78 is 5.27. The van der Waals surface area contributed by atoms with Gasteiger partial charge in [-0.15, -0.1) is 0 Å². The number of aromatic amines is 2. The number of aromatic nitrogens is 2. The molecule has 1 saturated carbocycles. The van der Waals surface area contributed by atoms with E-state index in [0.29, 0.717) is 48.0 Å². The maximum atomic E-state index is 12.2. The zero-order chi connectivity index (χ0) is 18.3. The van der Waals surface area contributed by atoms with Gasteiger partial charge in [0.25, 0.3) is 0 Å². The van der Waals surface area contributed by atoms with Gasteiger partial charge in [-0.3, -0.25) is 4.79 Å². The fourth-order valence-electron chi connectivity index (χ4n) is 3.42. The Morgan fingerprint density at radius 3 is 2.69 bits per heavy atom. The molecular formula is C17H21N5O4. The van der Waals surface area contributed by atoms with Crippen molar-refractivity contribution >= 4 is 28.7 Å². The highest BCUT2D eigenvalue weighted by Gasteiger charge is 2.39. The Bertz CT molecular complexity index is 914. The van der Waals surface area contributed by atoms with E-state index in [1.165, 1.54) is 7.11 Å². The lowest BCUT2D eigenvalue weighted by Crippen LogP contribution is -2.34. The molecule has 4 rings (SSSR count). The number of likely N-dealkylation sites (tertiary alicyclic amines) is 1. The zero-order valence-corrected chi connectivity index (χ0v) is 14.4. The summed E-state index contributed by atoms with van der Waals surface area (Å²) in [6.07, 6.45) is 2.67. The molecule has 138 valence electrons. The van der Waals surface area contributed by atoms with Gasteiger partial charge in [-0.1, -0.05) is 0 Å². The molecule has 9 heteroatoms. The highest BCUT2D eigenvalue weighted by atomic mass is 16.5. The predicted molar refractivity (Wildman–Crippen MR) is 95.3 cm³/mol. The van der Waals surface area contributed by atoms with Gasteiger partial charge in [-0.05, 0) is 18.9 Å². The second-order valence-electron chi connectivity index (χ2n) is 6.86. The van der Waals surface area contributed by atoms with Gasteiger partial charge < -0.3 is 30.2 Å². The molecule has 9 nitrogen and oxygen atoms in total. The van der Waals surface area contributed by atoms with Crippen molar-refractivity contribution in [3.63, 3.8) is 0 Å². The minimum atomic E-state index is -0.377. The molecule has 1 saturated heterocycles. The van der Waals surface area contributed by atoms with Crippen molar-refractivity contribution in [2.75, 3.05) is 25.5 Å². The quantitative estimate of drug-likeness (QED) is 0.636.